The highest BCUT2D eigenvalue weighted by Crippen LogP contribution is 2.12. The van der Waals surface area contributed by atoms with Crippen molar-refractivity contribution in [1.29, 1.82) is 0 Å². The van der Waals surface area contributed by atoms with Crippen molar-refractivity contribution in [2.45, 2.75) is 24.1 Å². The molecule has 18 heavy (non-hydrogen) atoms. The fraction of sp³-hybridized carbons (Fsp3) is 0.615. The molecule has 1 unspecified atom stereocenters. The van der Waals surface area contributed by atoms with Crippen LogP contribution in [0.5, 0.6) is 0 Å². The standard InChI is InChI=1S/C13H20BrNO2S/c1-15(9-11(14)10-17-2)13(16)7-3-5-12-6-4-8-18-12/h4,6,8,11H,3,5,7,9-10H2,1-2H3. The maximum Gasteiger partial charge on any atom is 0.222 e. The van der Waals surface area contributed by atoms with Crippen LogP contribution >= 0.6 is 27.3 Å². The number of hydrogen-bond donors (Lipinski definition) is 0. The molecular weight excluding hydrogens is 314 g/mol. The van der Waals surface area contributed by atoms with Crippen molar-refractivity contribution in [3.8, 4) is 0 Å². The maximum atomic E-state index is 11.9. The summed E-state index contributed by atoms with van der Waals surface area (Å²) in [5, 5.41) is 2.07. The molecule has 5 heteroatoms. The van der Waals surface area contributed by atoms with E-state index in [1.807, 2.05) is 13.1 Å². The summed E-state index contributed by atoms with van der Waals surface area (Å²) in [7, 11) is 3.51. The Kier molecular flexibility index (Phi) is 7.54. The molecule has 0 aliphatic carbocycles. The number of carbonyl (C=O) groups is 1. The van der Waals surface area contributed by atoms with Crippen molar-refractivity contribution in [3.63, 3.8) is 0 Å². The normalized spacial score (nSPS) is 12.4. The first-order valence-electron chi connectivity index (χ1n) is 6.03. The number of hydrogen-bond acceptors (Lipinski definition) is 3. The molecule has 1 heterocycles. The Morgan fingerprint density at radius 3 is 3.00 bits per heavy atom. The summed E-state index contributed by atoms with van der Waals surface area (Å²) in [5.74, 6) is 0.201. The van der Waals surface area contributed by atoms with Gasteiger partial charge in [-0.3, -0.25) is 4.79 Å². The van der Waals surface area contributed by atoms with Crippen molar-refractivity contribution in [3.05, 3.63) is 22.4 Å². The Balaban J connectivity index is 2.19. The Morgan fingerprint density at radius 2 is 2.39 bits per heavy atom. The lowest BCUT2D eigenvalue weighted by Crippen LogP contribution is -2.33. The van der Waals surface area contributed by atoms with E-state index in [0.717, 1.165) is 12.8 Å². The molecule has 1 rings (SSSR count). The van der Waals surface area contributed by atoms with E-state index in [-0.39, 0.29) is 10.7 Å². The molecule has 0 radical (unpaired) electrons. The lowest BCUT2D eigenvalue weighted by atomic mass is 10.2. The molecular formula is C13H20BrNO2S. The predicted molar refractivity (Wildman–Crippen MR) is 79.5 cm³/mol. The predicted octanol–water partition coefficient (Wildman–Crippen LogP) is 2.94. The van der Waals surface area contributed by atoms with E-state index >= 15 is 0 Å². The number of rotatable bonds is 8. The Morgan fingerprint density at radius 1 is 1.61 bits per heavy atom. The monoisotopic (exact) mass is 333 g/mol. The molecule has 0 fully saturated rings. The fourth-order valence-corrected chi connectivity index (χ4v) is 3.14. The van der Waals surface area contributed by atoms with Crippen molar-refractivity contribution < 1.29 is 9.53 Å². The second kappa shape index (κ2) is 8.67. The minimum Gasteiger partial charge on any atom is -0.383 e. The molecule has 102 valence electrons. The zero-order valence-corrected chi connectivity index (χ0v) is 13.3. The van der Waals surface area contributed by atoms with E-state index in [4.69, 9.17) is 4.74 Å². The van der Waals surface area contributed by atoms with Crippen LogP contribution in [0.25, 0.3) is 0 Å². The number of aryl methyl sites for hydroxylation is 1. The van der Waals surface area contributed by atoms with Gasteiger partial charge in [0, 0.05) is 32.0 Å². The van der Waals surface area contributed by atoms with Crippen LogP contribution in [0.1, 0.15) is 17.7 Å². The van der Waals surface area contributed by atoms with Gasteiger partial charge in [0.05, 0.1) is 11.4 Å². The molecule has 1 aromatic heterocycles. The number of carbonyl (C=O) groups excluding carboxylic acids is 1. The van der Waals surface area contributed by atoms with Gasteiger partial charge in [0.15, 0.2) is 0 Å². The first-order chi connectivity index (χ1) is 8.63. The van der Waals surface area contributed by atoms with Crippen LogP contribution in [0, 0.1) is 0 Å². The van der Waals surface area contributed by atoms with Crippen LogP contribution in [0.4, 0.5) is 0 Å². The molecule has 0 N–H and O–H groups in total. The summed E-state index contributed by atoms with van der Waals surface area (Å²) in [6, 6.07) is 4.17. The highest BCUT2D eigenvalue weighted by Gasteiger charge is 2.13. The van der Waals surface area contributed by atoms with Gasteiger partial charge in [0.25, 0.3) is 0 Å². The molecule has 0 spiro atoms. The number of nitrogens with zero attached hydrogens (tertiary/aromatic N) is 1. The first-order valence-corrected chi connectivity index (χ1v) is 7.82. The van der Waals surface area contributed by atoms with Gasteiger partial charge in [-0.05, 0) is 24.3 Å². The third-order valence-corrected chi connectivity index (χ3v) is 4.13. The van der Waals surface area contributed by atoms with Gasteiger partial charge in [-0.2, -0.15) is 0 Å². The van der Waals surface area contributed by atoms with Gasteiger partial charge in [-0.25, -0.2) is 0 Å². The van der Waals surface area contributed by atoms with E-state index in [9.17, 15) is 4.79 Å². The molecule has 3 nitrogen and oxygen atoms in total. The number of amides is 1. The lowest BCUT2D eigenvalue weighted by Gasteiger charge is -2.20. The van der Waals surface area contributed by atoms with Gasteiger partial charge >= 0.3 is 0 Å². The van der Waals surface area contributed by atoms with Crippen LogP contribution in [0.2, 0.25) is 0 Å². The van der Waals surface area contributed by atoms with E-state index < -0.39 is 0 Å². The average molecular weight is 334 g/mol. The van der Waals surface area contributed by atoms with Crippen LogP contribution < -0.4 is 0 Å². The molecule has 0 aromatic carbocycles. The van der Waals surface area contributed by atoms with Gasteiger partial charge in [-0.1, -0.05) is 22.0 Å². The summed E-state index contributed by atoms with van der Waals surface area (Å²) in [5.41, 5.74) is 0. The zero-order valence-electron chi connectivity index (χ0n) is 10.9. The van der Waals surface area contributed by atoms with Crippen LogP contribution in [0.3, 0.4) is 0 Å². The number of alkyl halides is 1. The van der Waals surface area contributed by atoms with Crippen molar-refractivity contribution in [1.82, 2.24) is 4.90 Å². The molecule has 0 aliphatic rings. The molecule has 0 saturated carbocycles. The molecule has 0 saturated heterocycles. The number of thiophene rings is 1. The maximum absolute atomic E-state index is 11.9. The highest BCUT2D eigenvalue weighted by molar-refractivity contribution is 9.09. The number of ether oxygens (including phenoxy) is 1. The quantitative estimate of drug-likeness (QED) is 0.684. The number of methoxy groups -OCH3 is 1. The summed E-state index contributed by atoms with van der Waals surface area (Å²) < 4.78 is 5.03. The summed E-state index contributed by atoms with van der Waals surface area (Å²) >= 11 is 5.24. The zero-order chi connectivity index (χ0) is 13.4. The third kappa shape index (κ3) is 5.98. The van der Waals surface area contributed by atoms with Crippen molar-refractivity contribution >= 4 is 33.2 Å². The second-order valence-corrected chi connectivity index (χ2v) is 6.59. The summed E-state index contributed by atoms with van der Waals surface area (Å²) in [6.45, 7) is 1.30. The van der Waals surface area contributed by atoms with Crippen LogP contribution in [0.15, 0.2) is 17.5 Å². The van der Waals surface area contributed by atoms with Gasteiger partial charge in [0.2, 0.25) is 5.91 Å². The Hall–Kier alpha value is -0.390. The smallest absolute Gasteiger partial charge is 0.222 e. The molecule has 1 amide bonds. The van der Waals surface area contributed by atoms with Gasteiger partial charge in [-0.15, -0.1) is 11.3 Å². The highest BCUT2D eigenvalue weighted by atomic mass is 79.9. The summed E-state index contributed by atoms with van der Waals surface area (Å²) in [4.78, 5) is 15.2. The minimum absolute atomic E-state index is 0.201. The fourth-order valence-electron chi connectivity index (χ4n) is 1.69. The second-order valence-electron chi connectivity index (χ2n) is 4.26. The molecule has 1 aromatic rings. The topological polar surface area (TPSA) is 29.5 Å². The van der Waals surface area contributed by atoms with Crippen LogP contribution in [-0.4, -0.2) is 42.9 Å². The van der Waals surface area contributed by atoms with Crippen LogP contribution in [-0.2, 0) is 16.0 Å². The Bertz CT molecular complexity index is 343. The third-order valence-electron chi connectivity index (χ3n) is 2.64. The minimum atomic E-state index is 0.201. The SMILES string of the molecule is COCC(Br)CN(C)C(=O)CCCc1cccs1. The summed E-state index contributed by atoms with van der Waals surface area (Å²) in [6.07, 6.45) is 2.52. The van der Waals surface area contributed by atoms with Crippen molar-refractivity contribution in [2.75, 3.05) is 27.3 Å². The number of halogens is 1. The first kappa shape index (κ1) is 15.7. The van der Waals surface area contributed by atoms with Crippen molar-refractivity contribution in [2.24, 2.45) is 0 Å². The molecule has 1 atom stereocenters. The van der Waals surface area contributed by atoms with E-state index in [1.54, 1.807) is 23.3 Å². The lowest BCUT2D eigenvalue weighted by molar-refractivity contribution is -0.130. The largest absolute Gasteiger partial charge is 0.383 e. The van der Waals surface area contributed by atoms with E-state index in [2.05, 4.69) is 27.4 Å². The van der Waals surface area contributed by atoms with E-state index in [1.165, 1.54) is 4.88 Å². The molecule has 0 bridgehead atoms. The van der Waals surface area contributed by atoms with Gasteiger partial charge in [0.1, 0.15) is 0 Å². The van der Waals surface area contributed by atoms with Gasteiger partial charge < -0.3 is 9.64 Å². The molecule has 0 aliphatic heterocycles. The average Bonchev–Trinajstić information content (AvgIpc) is 2.82. The Labute approximate surface area is 121 Å². The van der Waals surface area contributed by atoms with E-state index in [0.29, 0.717) is 19.6 Å².